The van der Waals surface area contributed by atoms with Crippen molar-refractivity contribution in [2.45, 2.75) is 24.8 Å². The summed E-state index contributed by atoms with van der Waals surface area (Å²) in [6.45, 7) is 3.18. The Balaban J connectivity index is 1.39. The maximum absolute atomic E-state index is 10.5. The molecule has 2 saturated heterocycles. The summed E-state index contributed by atoms with van der Waals surface area (Å²) < 4.78 is 0. The largest absolute Gasteiger partial charge is 0.507 e. The maximum Gasteiger partial charge on any atom is 0.151 e. The van der Waals surface area contributed by atoms with Crippen molar-refractivity contribution in [1.82, 2.24) is 25.7 Å². The lowest BCUT2D eigenvalue weighted by molar-refractivity contribution is 0.204. The van der Waals surface area contributed by atoms with Gasteiger partial charge < -0.3 is 15.3 Å². The van der Waals surface area contributed by atoms with Gasteiger partial charge in [-0.05, 0) is 62.2 Å². The van der Waals surface area contributed by atoms with Crippen molar-refractivity contribution in [3.63, 3.8) is 0 Å². The Labute approximate surface area is 157 Å². The van der Waals surface area contributed by atoms with E-state index in [1.807, 2.05) is 24.3 Å². The molecule has 2 fully saturated rings. The molecule has 0 saturated carbocycles. The van der Waals surface area contributed by atoms with Crippen molar-refractivity contribution in [2.75, 3.05) is 24.5 Å². The normalized spacial score (nSPS) is 18.4. The monoisotopic (exact) mass is 362 g/mol. The molecule has 4 heterocycles. The van der Waals surface area contributed by atoms with Crippen molar-refractivity contribution in [3.05, 3.63) is 42.7 Å². The second-order valence-electron chi connectivity index (χ2n) is 7.37. The number of benzene rings is 1. The first-order valence-corrected chi connectivity index (χ1v) is 9.40. The molecule has 0 unspecified atom stereocenters. The van der Waals surface area contributed by atoms with E-state index in [9.17, 15) is 5.11 Å². The molecule has 0 radical (unpaired) electrons. The van der Waals surface area contributed by atoms with Crippen molar-refractivity contribution in [2.24, 2.45) is 0 Å². The fourth-order valence-electron chi connectivity index (χ4n) is 4.26. The Morgan fingerprint density at radius 3 is 2.52 bits per heavy atom. The predicted octanol–water partition coefficient (Wildman–Crippen LogP) is 2.57. The number of hydrogen-bond donors (Lipinski definition) is 3. The number of rotatable bonds is 3. The van der Waals surface area contributed by atoms with Gasteiger partial charge >= 0.3 is 0 Å². The highest BCUT2D eigenvalue weighted by Crippen LogP contribution is 2.41. The molecule has 1 spiro atoms. The smallest absolute Gasteiger partial charge is 0.151 e. The fraction of sp³-hybridized carbons (Fsp3) is 0.350. The van der Waals surface area contributed by atoms with Gasteiger partial charge in [0.05, 0.1) is 11.9 Å². The van der Waals surface area contributed by atoms with Gasteiger partial charge in [-0.1, -0.05) is 6.07 Å². The maximum atomic E-state index is 10.5. The van der Waals surface area contributed by atoms with Crippen LogP contribution in [0.2, 0.25) is 0 Å². The molecule has 2 aliphatic rings. The zero-order valence-electron chi connectivity index (χ0n) is 15.0. The lowest BCUT2D eigenvalue weighted by atomic mass is 9.77. The van der Waals surface area contributed by atoms with Crippen molar-refractivity contribution in [1.29, 1.82) is 0 Å². The third kappa shape index (κ3) is 2.75. The molecular weight excluding hydrogens is 340 g/mol. The van der Waals surface area contributed by atoms with Crippen LogP contribution in [0.5, 0.6) is 5.75 Å². The van der Waals surface area contributed by atoms with Gasteiger partial charge in [-0.3, -0.25) is 5.10 Å². The van der Waals surface area contributed by atoms with Gasteiger partial charge in [0.15, 0.2) is 5.82 Å². The summed E-state index contributed by atoms with van der Waals surface area (Å²) in [6.07, 6.45) is 7.08. The van der Waals surface area contributed by atoms with E-state index in [4.69, 9.17) is 0 Å². The number of phenols is 1. The van der Waals surface area contributed by atoms with Crippen LogP contribution in [-0.2, 0) is 0 Å². The van der Waals surface area contributed by atoms with Crippen molar-refractivity contribution in [3.8, 4) is 28.1 Å². The Bertz CT molecular complexity index is 932. The number of nitrogens with one attached hydrogen (secondary N) is 2. The van der Waals surface area contributed by atoms with Crippen LogP contribution in [0.25, 0.3) is 22.4 Å². The van der Waals surface area contributed by atoms with Crippen LogP contribution in [0.4, 0.5) is 5.82 Å². The lowest BCUT2D eigenvalue weighted by Gasteiger charge is -2.55. The number of aromatic nitrogens is 4. The molecule has 0 aliphatic carbocycles. The van der Waals surface area contributed by atoms with Gasteiger partial charge in [0, 0.05) is 29.4 Å². The Kier molecular flexibility index (Phi) is 3.82. The third-order valence-corrected chi connectivity index (χ3v) is 5.94. The second kappa shape index (κ2) is 6.35. The Hall–Kier alpha value is -2.93. The number of aromatic amines is 1. The van der Waals surface area contributed by atoms with Gasteiger partial charge in [0.1, 0.15) is 5.75 Å². The van der Waals surface area contributed by atoms with E-state index in [0.29, 0.717) is 11.3 Å². The number of phenolic OH excluding ortho intramolecular Hbond substituents is 1. The SMILES string of the molecule is Oc1cc(-c2cn[nH]c2)ccc1-c1ccc(N2CCC23CCNCC3)nn1. The van der Waals surface area contributed by atoms with Gasteiger partial charge in [0.2, 0.25) is 0 Å². The highest BCUT2D eigenvalue weighted by molar-refractivity contribution is 5.74. The van der Waals surface area contributed by atoms with Crippen LogP contribution in [0.1, 0.15) is 19.3 Å². The molecule has 5 rings (SSSR count). The lowest BCUT2D eigenvalue weighted by Crippen LogP contribution is -2.64. The minimum Gasteiger partial charge on any atom is -0.507 e. The first-order valence-electron chi connectivity index (χ1n) is 9.40. The summed E-state index contributed by atoms with van der Waals surface area (Å²) in [5.41, 5.74) is 3.46. The molecule has 2 aliphatic heterocycles. The van der Waals surface area contributed by atoms with Crippen LogP contribution >= 0.6 is 0 Å². The number of piperidine rings is 1. The van der Waals surface area contributed by atoms with Crippen LogP contribution < -0.4 is 10.2 Å². The average Bonchev–Trinajstić information content (AvgIpc) is 3.23. The number of hydrogen-bond acceptors (Lipinski definition) is 6. The number of anilines is 1. The van der Waals surface area contributed by atoms with Crippen LogP contribution in [0.3, 0.4) is 0 Å². The van der Waals surface area contributed by atoms with E-state index in [2.05, 4.69) is 30.6 Å². The zero-order chi connectivity index (χ0) is 18.3. The van der Waals surface area contributed by atoms with E-state index in [1.165, 1.54) is 6.42 Å². The molecule has 1 aromatic carbocycles. The highest BCUT2D eigenvalue weighted by atomic mass is 16.3. The first-order chi connectivity index (χ1) is 13.3. The summed E-state index contributed by atoms with van der Waals surface area (Å²) in [6, 6.07) is 9.53. The van der Waals surface area contributed by atoms with Gasteiger partial charge in [-0.15, -0.1) is 10.2 Å². The summed E-state index contributed by atoms with van der Waals surface area (Å²) in [5.74, 6) is 1.12. The molecule has 138 valence electrons. The van der Waals surface area contributed by atoms with Crippen LogP contribution in [-0.4, -0.2) is 50.7 Å². The quantitative estimate of drug-likeness (QED) is 0.663. The summed E-state index contributed by atoms with van der Waals surface area (Å²) in [7, 11) is 0. The van der Waals surface area contributed by atoms with Crippen molar-refractivity contribution < 1.29 is 5.11 Å². The van der Waals surface area contributed by atoms with E-state index in [1.54, 1.807) is 18.5 Å². The van der Waals surface area contributed by atoms with Gasteiger partial charge in [-0.25, -0.2) is 0 Å². The van der Waals surface area contributed by atoms with E-state index < -0.39 is 0 Å². The van der Waals surface area contributed by atoms with Crippen LogP contribution in [0, 0.1) is 0 Å². The Morgan fingerprint density at radius 2 is 1.89 bits per heavy atom. The molecule has 0 atom stereocenters. The van der Waals surface area contributed by atoms with E-state index >= 15 is 0 Å². The average molecular weight is 362 g/mol. The first kappa shape index (κ1) is 16.3. The zero-order valence-corrected chi connectivity index (χ0v) is 15.0. The molecule has 7 nitrogen and oxygen atoms in total. The minimum absolute atomic E-state index is 0.189. The standard InChI is InChI=1S/C20H22N6O/c27-18-11-14(15-12-22-23-13-15)1-2-16(18)17-3-4-19(25-24-17)26-10-7-20(26)5-8-21-9-6-20/h1-4,11-13,21,27H,5-10H2,(H,22,23). The minimum atomic E-state index is 0.189. The molecule has 0 amide bonds. The molecule has 3 aromatic rings. The van der Waals surface area contributed by atoms with E-state index in [0.717, 1.165) is 49.4 Å². The summed E-state index contributed by atoms with van der Waals surface area (Å²) in [4.78, 5) is 2.40. The topological polar surface area (TPSA) is 90.0 Å². The van der Waals surface area contributed by atoms with Gasteiger partial charge in [0.25, 0.3) is 0 Å². The number of nitrogens with zero attached hydrogens (tertiary/aromatic N) is 4. The number of aromatic hydroxyl groups is 1. The summed E-state index contributed by atoms with van der Waals surface area (Å²) in [5, 5.41) is 29.5. The third-order valence-electron chi connectivity index (χ3n) is 5.94. The van der Waals surface area contributed by atoms with Gasteiger partial charge in [-0.2, -0.15) is 5.10 Å². The van der Waals surface area contributed by atoms with Crippen LogP contribution in [0.15, 0.2) is 42.7 Å². The Morgan fingerprint density at radius 1 is 1.00 bits per heavy atom. The fourth-order valence-corrected chi connectivity index (χ4v) is 4.26. The molecule has 7 heteroatoms. The highest BCUT2D eigenvalue weighted by Gasteiger charge is 2.45. The number of H-pyrrole nitrogens is 1. The molecule has 27 heavy (non-hydrogen) atoms. The van der Waals surface area contributed by atoms with E-state index in [-0.39, 0.29) is 11.3 Å². The molecule has 2 aromatic heterocycles. The molecule has 0 bridgehead atoms. The molecule has 3 N–H and O–H groups in total. The summed E-state index contributed by atoms with van der Waals surface area (Å²) >= 11 is 0. The second-order valence-corrected chi connectivity index (χ2v) is 7.37. The van der Waals surface area contributed by atoms with Crippen molar-refractivity contribution >= 4 is 5.82 Å². The predicted molar refractivity (Wildman–Crippen MR) is 104 cm³/mol. The molecular formula is C20H22N6O.